The lowest BCUT2D eigenvalue weighted by atomic mass is 9.88. The van der Waals surface area contributed by atoms with Crippen molar-refractivity contribution >= 4 is 0 Å². The molecule has 0 aromatic carbocycles. The summed E-state index contributed by atoms with van der Waals surface area (Å²) in [6.45, 7) is 2.36. The van der Waals surface area contributed by atoms with Gasteiger partial charge in [-0.2, -0.15) is 0 Å². The van der Waals surface area contributed by atoms with E-state index >= 15 is 0 Å². The summed E-state index contributed by atoms with van der Waals surface area (Å²) in [4.78, 5) is 0. The van der Waals surface area contributed by atoms with Gasteiger partial charge in [0.2, 0.25) is 0 Å². The fourth-order valence-corrected chi connectivity index (χ4v) is 1.90. The molecule has 0 bridgehead atoms. The van der Waals surface area contributed by atoms with E-state index in [-0.39, 0.29) is 0 Å². The van der Waals surface area contributed by atoms with Crippen LogP contribution in [0.5, 0.6) is 0 Å². The Morgan fingerprint density at radius 2 is 2.09 bits per heavy atom. The maximum absolute atomic E-state index is 9.87. The highest BCUT2D eigenvalue weighted by atomic mass is 16.3. The minimum absolute atomic E-state index is 0.443. The van der Waals surface area contributed by atoms with E-state index < -0.39 is 5.60 Å². The van der Waals surface area contributed by atoms with Crippen LogP contribution < -0.4 is 11.3 Å². The van der Waals surface area contributed by atoms with E-state index in [2.05, 4.69) is 5.43 Å². The Labute approximate surface area is 67.9 Å². The lowest BCUT2D eigenvalue weighted by molar-refractivity contribution is 0.00258. The van der Waals surface area contributed by atoms with Crippen LogP contribution in [0.15, 0.2) is 0 Å². The first-order valence-electron chi connectivity index (χ1n) is 4.32. The predicted octanol–water partition coefficient (Wildman–Crippen LogP) is 0.391. The van der Waals surface area contributed by atoms with E-state index in [0.29, 0.717) is 12.5 Å². The fraction of sp³-hybridized carbons (Fsp3) is 1.00. The van der Waals surface area contributed by atoms with Crippen molar-refractivity contribution in [2.24, 2.45) is 11.8 Å². The molecule has 1 aliphatic carbocycles. The van der Waals surface area contributed by atoms with Gasteiger partial charge in [-0.05, 0) is 25.7 Å². The number of nitrogens with one attached hydrogen (secondary N) is 1. The van der Waals surface area contributed by atoms with Gasteiger partial charge in [0.1, 0.15) is 0 Å². The highest BCUT2D eigenvalue weighted by Crippen LogP contribution is 2.33. The minimum Gasteiger partial charge on any atom is -0.389 e. The molecule has 0 radical (unpaired) electrons. The second kappa shape index (κ2) is 3.52. The van der Waals surface area contributed by atoms with Crippen LogP contribution in [0, 0.1) is 5.92 Å². The zero-order valence-electron chi connectivity index (χ0n) is 7.14. The van der Waals surface area contributed by atoms with Gasteiger partial charge in [-0.25, -0.2) is 0 Å². The smallest absolute Gasteiger partial charge is 0.0785 e. The average molecular weight is 158 g/mol. The van der Waals surface area contributed by atoms with E-state index in [4.69, 9.17) is 5.84 Å². The second-order valence-electron chi connectivity index (χ2n) is 3.72. The van der Waals surface area contributed by atoms with Gasteiger partial charge in [-0.1, -0.05) is 12.8 Å². The molecule has 11 heavy (non-hydrogen) atoms. The van der Waals surface area contributed by atoms with Crippen molar-refractivity contribution in [2.75, 3.05) is 6.54 Å². The standard InChI is InChI=1S/C8H18N2O/c1-8(11,6-10-9)7-4-2-3-5-7/h7,10-11H,2-6,9H2,1H3. The maximum atomic E-state index is 9.87. The quantitative estimate of drug-likeness (QED) is 0.411. The van der Waals surface area contributed by atoms with Crippen molar-refractivity contribution in [1.82, 2.24) is 5.43 Å². The number of hydrogen-bond donors (Lipinski definition) is 3. The van der Waals surface area contributed by atoms with Crippen molar-refractivity contribution < 1.29 is 5.11 Å². The maximum Gasteiger partial charge on any atom is 0.0785 e. The van der Waals surface area contributed by atoms with Gasteiger partial charge in [0.25, 0.3) is 0 Å². The molecule has 0 saturated heterocycles. The third kappa shape index (κ3) is 2.15. The summed E-state index contributed by atoms with van der Waals surface area (Å²) < 4.78 is 0. The van der Waals surface area contributed by atoms with Gasteiger partial charge in [0, 0.05) is 6.54 Å². The molecule has 66 valence electrons. The Balaban J connectivity index is 2.41. The summed E-state index contributed by atoms with van der Waals surface area (Å²) in [5.74, 6) is 5.62. The molecule has 0 aromatic rings. The molecular weight excluding hydrogens is 140 g/mol. The lowest BCUT2D eigenvalue weighted by Gasteiger charge is -2.29. The summed E-state index contributed by atoms with van der Waals surface area (Å²) in [6, 6.07) is 0. The molecular formula is C8H18N2O. The first-order valence-corrected chi connectivity index (χ1v) is 4.32. The summed E-state index contributed by atoms with van der Waals surface area (Å²) in [5.41, 5.74) is 1.93. The Morgan fingerprint density at radius 1 is 1.55 bits per heavy atom. The molecule has 0 heterocycles. The molecule has 1 aliphatic rings. The Hall–Kier alpha value is -0.120. The van der Waals surface area contributed by atoms with Crippen molar-refractivity contribution in [1.29, 1.82) is 0 Å². The van der Waals surface area contributed by atoms with Gasteiger partial charge >= 0.3 is 0 Å². The van der Waals surface area contributed by atoms with Gasteiger partial charge in [0.05, 0.1) is 5.60 Å². The van der Waals surface area contributed by atoms with Gasteiger partial charge in [-0.15, -0.1) is 0 Å². The van der Waals surface area contributed by atoms with Crippen LogP contribution in [-0.2, 0) is 0 Å². The Bertz CT molecular complexity index is 119. The average Bonchev–Trinajstić information content (AvgIpc) is 2.37. The summed E-state index contributed by atoms with van der Waals surface area (Å²) in [7, 11) is 0. The van der Waals surface area contributed by atoms with E-state index in [9.17, 15) is 5.11 Å². The monoisotopic (exact) mass is 158 g/mol. The number of hydrazine groups is 1. The molecule has 1 unspecified atom stereocenters. The molecule has 1 atom stereocenters. The van der Waals surface area contributed by atoms with Crippen LogP contribution in [-0.4, -0.2) is 17.3 Å². The van der Waals surface area contributed by atoms with Crippen molar-refractivity contribution in [2.45, 2.75) is 38.2 Å². The van der Waals surface area contributed by atoms with Crippen molar-refractivity contribution in [3.63, 3.8) is 0 Å². The largest absolute Gasteiger partial charge is 0.389 e. The fourth-order valence-electron chi connectivity index (χ4n) is 1.90. The highest BCUT2D eigenvalue weighted by Gasteiger charge is 2.33. The van der Waals surface area contributed by atoms with Crippen LogP contribution in [0.2, 0.25) is 0 Å². The van der Waals surface area contributed by atoms with Gasteiger partial charge in [-0.3, -0.25) is 11.3 Å². The zero-order chi connectivity index (χ0) is 8.32. The molecule has 0 amide bonds. The third-order valence-corrected chi connectivity index (χ3v) is 2.69. The normalized spacial score (nSPS) is 25.4. The number of nitrogens with two attached hydrogens (primary N) is 1. The molecule has 0 aromatic heterocycles. The molecule has 0 aliphatic heterocycles. The van der Waals surface area contributed by atoms with E-state index in [1.165, 1.54) is 12.8 Å². The zero-order valence-corrected chi connectivity index (χ0v) is 7.14. The van der Waals surface area contributed by atoms with E-state index in [1.54, 1.807) is 0 Å². The molecule has 1 fully saturated rings. The predicted molar refractivity (Wildman–Crippen MR) is 44.8 cm³/mol. The van der Waals surface area contributed by atoms with Gasteiger partial charge < -0.3 is 5.11 Å². The number of aliphatic hydroxyl groups is 1. The lowest BCUT2D eigenvalue weighted by Crippen LogP contribution is -2.45. The second-order valence-corrected chi connectivity index (χ2v) is 3.72. The third-order valence-electron chi connectivity index (χ3n) is 2.69. The molecule has 4 N–H and O–H groups in total. The van der Waals surface area contributed by atoms with E-state index in [1.807, 2.05) is 6.92 Å². The van der Waals surface area contributed by atoms with Crippen LogP contribution in [0.25, 0.3) is 0 Å². The summed E-state index contributed by atoms with van der Waals surface area (Å²) in [6.07, 6.45) is 4.81. The van der Waals surface area contributed by atoms with Crippen LogP contribution >= 0.6 is 0 Å². The molecule has 3 heteroatoms. The van der Waals surface area contributed by atoms with Crippen molar-refractivity contribution in [3.05, 3.63) is 0 Å². The topological polar surface area (TPSA) is 58.3 Å². The highest BCUT2D eigenvalue weighted by molar-refractivity contribution is 4.86. The molecule has 3 nitrogen and oxygen atoms in total. The first kappa shape index (κ1) is 8.97. The van der Waals surface area contributed by atoms with Crippen LogP contribution in [0.1, 0.15) is 32.6 Å². The summed E-state index contributed by atoms with van der Waals surface area (Å²) >= 11 is 0. The SMILES string of the molecule is CC(O)(CNN)C1CCCC1. The number of rotatable bonds is 3. The first-order chi connectivity index (χ1) is 5.17. The van der Waals surface area contributed by atoms with Crippen LogP contribution in [0.4, 0.5) is 0 Å². The molecule has 1 rings (SSSR count). The van der Waals surface area contributed by atoms with Crippen molar-refractivity contribution in [3.8, 4) is 0 Å². The van der Waals surface area contributed by atoms with Crippen LogP contribution in [0.3, 0.4) is 0 Å². The molecule has 0 spiro atoms. The Kier molecular flexibility index (Phi) is 2.87. The Morgan fingerprint density at radius 3 is 2.55 bits per heavy atom. The van der Waals surface area contributed by atoms with E-state index in [0.717, 1.165) is 12.8 Å². The summed E-state index contributed by atoms with van der Waals surface area (Å²) in [5, 5.41) is 9.87. The van der Waals surface area contributed by atoms with Gasteiger partial charge in [0.15, 0.2) is 0 Å². The molecule has 1 saturated carbocycles. The minimum atomic E-state index is -0.606. The number of hydrogen-bond acceptors (Lipinski definition) is 3.